The maximum atomic E-state index is 12.5. The van der Waals surface area contributed by atoms with Gasteiger partial charge in [0.2, 0.25) is 0 Å². The zero-order valence-corrected chi connectivity index (χ0v) is 9.81. The van der Waals surface area contributed by atoms with E-state index in [4.69, 9.17) is 14.2 Å². The van der Waals surface area contributed by atoms with Crippen LogP contribution in [0.25, 0.3) is 0 Å². The predicted octanol–water partition coefficient (Wildman–Crippen LogP) is 0.608. The maximum absolute atomic E-state index is 12.5. The van der Waals surface area contributed by atoms with Crippen molar-refractivity contribution in [1.29, 1.82) is 0 Å². The van der Waals surface area contributed by atoms with Crippen LogP contribution in [0.15, 0.2) is 0 Å². The van der Waals surface area contributed by atoms with Gasteiger partial charge in [-0.25, -0.2) is 4.39 Å². The number of halogens is 2. The molecule has 0 amide bonds. The third-order valence-corrected chi connectivity index (χ3v) is 3.31. The first kappa shape index (κ1) is 11.0. The molecule has 2 fully saturated rings. The number of fused-ring (bicyclic) bond motifs is 1. The van der Waals surface area contributed by atoms with Crippen LogP contribution in [-0.4, -0.2) is 46.6 Å². The summed E-state index contributed by atoms with van der Waals surface area (Å²) in [5.74, 6) is -1.26. The number of rotatable bonds is 2. The van der Waals surface area contributed by atoms with Crippen LogP contribution in [0.1, 0.15) is 6.92 Å². The molecule has 82 valence electrons. The lowest BCUT2D eigenvalue weighted by Crippen LogP contribution is -2.37. The van der Waals surface area contributed by atoms with E-state index < -0.39 is 31.0 Å². The zero-order chi connectivity index (χ0) is 10.3. The lowest BCUT2D eigenvalue weighted by Gasteiger charge is -2.23. The van der Waals surface area contributed by atoms with Crippen molar-refractivity contribution in [2.24, 2.45) is 0 Å². The minimum absolute atomic E-state index is 0.283. The molecular formula is C8H12FIO4. The molecule has 6 heteroatoms. The van der Waals surface area contributed by atoms with Gasteiger partial charge in [0.05, 0.1) is 6.10 Å². The highest BCUT2D eigenvalue weighted by Crippen LogP contribution is 2.38. The van der Waals surface area contributed by atoms with E-state index in [-0.39, 0.29) is 6.10 Å². The third-order valence-electron chi connectivity index (χ3n) is 2.44. The number of aliphatic hydroxyl groups is 1. The van der Waals surface area contributed by atoms with E-state index in [0.29, 0.717) is 4.43 Å². The summed E-state index contributed by atoms with van der Waals surface area (Å²) in [5, 5.41) is 9.73. The fourth-order valence-electron chi connectivity index (χ4n) is 1.67. The largest absolute Gasteiger partial charge is 0.387 e. The van der Waals surface area contributed by atoms with Crippen LogP contribution in [0, 0.1) is 0 Å². The van der Waals surface area contributed by atoms with Gasteiger partial charge in [-0.1, -0.05) is 22.6 Å². The second-order valence-electron chi connectivity index (χ2n) is 3.66. The molecule has 1 N–H and O–H groups in total. The van der Waals surface area contributed by atoms with Crippen LogP contribution < -0.4 is 0 Å². The Kier molecular flexibility index (Phi) is 3.00. The van der Waals surface area contributed by atoms with E-state index in [0.717, 1.165) is 0 Å². The summed E-state index contributed by atoms with van der Waals surface area (Å²) in [6.45, 7) is 0.755. The van der Waals surface area contributed by atoms with Crippen LogP contribution in [0.2, 0.25) is 0 Å². The highest BCUT2D eigenvalue weighted by Gasteiger charge is 2.55. The zero-order valence-electron chi connectivity index (χ0n) is 7.65. The average Bonchev–Trinajstić information content (AvgIpc) is 2.64. The fraction of sp³-hybridized carbons (Fsp3) is 1.00. The number of ether oxygens (including phenoxy) is 3. The molecule has 0 aliphatic carbocycles. The number of hydrogen-bond acceptors (Lipinski definition) is 4. The summed E-state index contributed by atoms with van der Waals surface area (Å²) < 4.78 is 29.1. The molecule has 0 radical (unpaired) electrons. The van der Waals surface area contributed by atoms with Gasteiger partial charge >= 0.3 is 0 Å². The van der Waals surface area contributed by atoms with Gasteiger partial charge in [0.25, 0.3) is 0 Å². The molecule has 4 nitrogen and oxygen atoms in total. The SMILES string of the molecule is CC1(CF)O[C@H]2O[C@H](CI)[C@H](O)[C@H]2O1. The van der Waals surface area contributed by atoms with E-state index in [1.54, 1.807) is 0 Å². The Bertz CT molecular complexity index is 229. The van der Waals surface area contributed by atoms with Crippen molar-refractivity contribution in [3.8, 4) is 0 Å². The third kappa shape index (κ3) is 1.67. The van der Waals surface area contributed by atoms with Gasteiger partial charge in [-0.2, -0.15) is 0 Å². The summed E-state index contributed by atoms with van der Waals surface area (Å²) in [6, 6.07) is 0. The lowest BCUT2D eigenvalue weighted by atomic mass is 10.2. The summed E-state index contributed by atoms with van der Waals surface area (Å²) in [4.78, 5) is 0. The minimum atomic E-state index is -1.26. The molecule has 1 unspecified atom stereocenters. The average molecular weight is 318 g/mol. The van der Waals surface area contributed by atoms with Crippen molar-refractivity contribution in [2.75, 3.05) is 11.1 Å². The van der Waals surface area contributed by atoms with Crippen LogP contribution >= 0.6 is 22.6 Å². The van der Waals surface area contributed by atoms with E-state index in [1.807, 2.05) is 0 Å². The summed E-state index contributed by atoms with van der Waals surface area (Å²) in [6.07, 6.45) is -2.21. The van der Waals surface area contributed by atoms with Gasteiger partial charge in [-0.3, -0.25) is 0 Å². The monoisotopic (exact) mass is 318 g/mol. The minimum Gasteiger partial charge on any atom is -0.387 e. The Morgan fingerprint density at radius 2 is 2.21 bits per heavy atom. The molecule has 2 aliphatic rings. The van der Waals surface area contributed by atoms with Gasteiger partial charge in [0.15, 0.2) is 12.1 Å². The van der Waals surface area contributed by atoms with Crippen molar-refractivity contribution < 1.29 is 23.7 Å². The van der Waals surface area contributed by atoms with E-state index in [9.17, 15) is 9.50 Å². The van der Waals surface area contributed by atoms with Crippen molar-refractivity contribution in [1.82, 2.24) is 0 Å². The standard InChI is InChI=1S/C8H12FIO4/c1-8(3-9)13-6-5(11)4(2-10)12-7(6)14-8/h4-7,11H,2-3H2,1H3/t4-,5+,6-,7-,8?/m1/s1. The molecule has 2 saturated heterocycles. The van der Waals surface area contributed by atoms with Gasteiger partial charge in [0.1, 0.15) is 18.9 Å². The summed E-state index contributed by atoms with van der Waals surface area (Å²) in [7, 11) is 0. The van der Waals surface area contributed by atoms with Crippen LogP contribution in [-0.2, 0) is 14.2 Å². The Morgan fingerprint density at radius 1 is 1.50 bits per heavy atom. The predicted molar refractivity (Wildman–Crippen MR) is 53.9 cm³/mol. The highest BCUT2D eigenvalue weighted by atomic mass is 127. The molecule has 0 spiro atoms. The molecule has 2 aliphatic heterocycles. The molecule has 0 aromatic carbocycles. The summed E-state index contributed by atoms with van der Waals surface area (Å²) >= 11 is 2.11. The van der Waals surface area contributed by atoms with E-state index >= 15 is 0 Å². The Morgan fingerprint density at radius 3 is 2.71 bits per heavy atom. The topological polar surface area (TPSA) is 47.9 Å². The smallest absolute Gasteiger partial charge is 0.197 e. The molecule has 0 saturated carbocycles. The second-order valence-corrected chi connectivity index (χ2v) is 4.54. The van der Waals surface area contributed by atoms with Gasteiger partial charge in [-0.05, 0) is 6.92 Å². The van der Waals surface area contributed by atoms with Crippen molar-refractivity contribution >= 4 is 22.6 Å². The number of alkyl halides is 2. The van der Waals surface area contributed by atoms with Crippen molar-refractivity contribution in [2.45, 2.75) is 37.3 Å². The maximum Gasteiger partial charge on any atom is 0.197 e. The Labute approximate surface area is 94.8 Å². The fourth-order valence-corrected chi connectivity index (χ4v) is 2.40. The summed E-state index contributed by atoms with van der Waals surface area (Å²) in [5.41, 5.74) is 0. The quantitative estimate of drug-likeness (QED) is 0.599. The highest BCUT2D eigenvalue weighted by molar-refractivity contribution is 14.1. The van der Waals surface area contributed by atoms with Gasteiger partial charge in [-0.15, -0.1) is 0 Å². The van der Waals surface area contributed by atoms with Gasteiger partial charge < -0.3 is 19.3 Å². The number of hydrogen-bond donors (Lipinski definition) is 1. The van der Waals surface area contributed by atoms with Gasteiger partial charge in [0, 0.05) is 4.43 Å². The van der Waals surface area contributed by atoms with Crippen LogP contribution in [0.3, 0.4) is 0 Å². The molecule has 5 atom stereocenters. The molecule has 2 rings (SSSR count). The van der Waals surface area contributed by atoms with Crippen molar-refractivity contribution in [3.63, 3.8) is 0 Å². The lowest BCUT2D eigenvalue weighted by molar-refractivity contribution is -0.227. The molecule has 0 bridgehead atoms. The molecule has 14 heavy (non-hydrogen) atoms. The van der Waals surface area contributed by atoms with E-state index in [2.05, 4.69) is 22.6 Å². The Hall–Kier alpha value is 0.500. The van der Waals surface area contributed by atoms with Crippen LogP contribution in [0.4, 0.5) is 4.39 Å². The second kappa shape index (κ2) is 3.82. The van der Waals surface area contributed by atoms with E-state index in [1.165, 1.54) is 6.92 Å². The van der Waals surface area contributed by atoms with Crippen LogP contribution in [0.5, 0.6) is 0 Å². The molecular weight excluding hydrogens is 306 g/mol. The van der Waals surface area contributed by atoms with Crippen molar-refractivity contribution in [3.05, 3.63) is 0 Å². The first-order chi connectivity index (χ1) is 6.59. The first-order valence-corrected chi connectivity index (χ1v) is 5.93. The molecule has 2 heterocycles. The normalized spacial score (nSPS) is 52.3. The molecule has 0 aromatic rings. The number of aliphatic hydroxyl groups excluding tert-OH is 1. The Balaban J connectivity index is 2.05. The molecule has 0 aromatic heterocycles. The first-order valence-electron chi connectivity index (χ1n) is 4.41.